The van der Waals surface area contributed by atoms with Gasteiger partial charge >= 0.3 is 0 Å². The molecule has 1 aromatic heterocycles. The zero-order chi connectivity index (χ0) is 12.1. The van der Waals surface area contributed by atoms with Crippen molar-refractivity contribution < 1.29 is 13.2 Å². The molecule has 6 heteroatoms. The first-order valence-electron chi connectivity index (χ1n) is 5.08. The number of hydrogen-bond donors (Lipinski definition) is 1. The summed E-state index contributed by atoms with van der Waals surface area (Å²) in [5.41, 5.74) is 0. The summed E-state index contributed by atoms with van der Waals surface area (Å²) in [5, 5.41) is -0.0193. The molecular formula is C11H12N2O3S. The van der Waals surface area contributed by atoms with Gasteiger partial charge in [0.1, 0.15) is 12.4 Å². The number of para-hydroxylation sites is 1. The Morgan fingerprint density at radius 2 is 2.00 bits per heavy atom. The van der Waals surface area contributed by atoms with Crippen molar-refractivity contribution in [2.75, 3.05) is 12.4 Å². The second-order valence-corrected chi connectivity index (χ2v) is 5.40. The van der Waals surface area contributed by atoms with Crippen LogP contribution < -0.4 is 4.74 Å². The van der Waals surface area contributed by atoms with E-state index >= 15 is 0 Å². The summed E-state index contributed by atoms with van der Waals surface area (Å²) in [4.78, 5) is 6.29. The summed E-state index contributed by atoms with van der Waals surface area (Å²) in [7, 11) is -3.38. The lowest BCUT2D eigenvalue weighted by Crippen LogP contribution is -2.15. The molecule has 0 atom stereocenters. The predicted octanol–water partition coefficient (Wildman–Crippen LogP) is 1.26. The van der Waals surface area contributed by atoms with Crippen LogP contribution in [0.1, 0.15) is 0 Å². The molecule has 0 aliphatic heterocycles. The van der Waals surface area contributed by atoms with Gasteiger partial charge in [0.2, 0.25) is 15.0 Å². The molecule has 0 aliphatic rings. The van der Waals surface area contributed by atoms with E-state index in [1.165, 1.54) is 12.4 Å². The molecule has 1 N–H and O–H groups in total. The van der Waals surface area contributed by atoms with E-state index in [2.05, 4.69) is 9.97 Å². The molecule has 0 bridgehead atoms. The van der Waals surface area contributed by atoms with Crippen LogP contribution >= 0.6 is 0 Å². The minimum atomic E-state index is -3.38. The first kappa shape index (κ1) is 11.7. The Balaban J connectivity index is 1.91. The smallest absolute Gasteiger partial charge is 0.225 e. The van der Waals surface area contributed by atoms with Crippen LogP contribution in [0.25, 0.3) is 0 Å². The zero-order valence-corrected chi connectivity index (χ0v) is 9.85. The maximum absolute atomic E-state index is 11.7. The number of hydrogen-bond acceptors (Lipinski definition) is 4. The summed E-state index contributed by atoms with van der Waals surface area (Å²) < 4.78 is 28.7. The van der Waals surface area contributed by atoms with Crippen LogP contribution in [0.4, 0.5) is 0 Å². The highest BCUT2D eigenvalue weighted by Crippen LogP contribution is 2.09. The Morgan fingerprint density at radius 1 is 1.24 bits per heavy atom. The van der Waals surface area contributed by atoms with Crippen molar-refractivity contribution in [2.45, 2.75) is 5.16 Å². The van der Waals surface area contributed by atoms with Gasteiger partial charge in [0.05, 0.1) is 5.75 Å². The van der Waals surface area contributed by atoms with Gasteiger partial charge in [0, 0.05) is 12.4 Å². The Kier molecular flexibility index (Phi) is 3.43. The third-order valence-electron chi connectivity index (χ3n) is 2.13. The van der Waals surface area contributed by atoms with E-state index in [1.54, 1.807) is 12.1 Å². The third kappa shape index (κ3) is 3.07. The van der Waals surface area contributed by atoms with Crippen LogP contribution in [0, 0.1) is 0 Å². The van der Waals surface area contributed by atoms with Crippen LogP contribution in [-0.4, -0.2) is 30.7 Å². The van der Waals surface area contributed by atoms with Crippen LogP contribution in [0.2, 0.25) is 0 Å². The summed E-state index contributed by atoms with van der Waals surface area (Å²) in [6.07, 6.45) is 2.88. The Morgan fingerprint density at radius 3 is 2.65 bits per heavy atom. The maximum atomic E-state index is 11.7. The fourth-order valence-corrected chi connectivity index (χ4v) is 2.27. The van der Waals surface area contributed by atoms with E-state index in [0.717, 1.165) is 0 Å². The van der Waals surface area contributed by atoms with Crippen molar-refractivity contribution in [1.82, 2.24) is 9.97 Å². The molecule has 0 saturated heterocycles. The van der Waals surface area contributed by atoms with Crippen molar-refractivity contribution in [3.8, 4) is 5.75 Å². The quantitative estimate of drug-likeness (QED) is 0.869. The number of rotatable bonds is 5. The SMILES string of the molecule is O=S(=O)(CCOc1ccccc1)c1ncc[nH]1. The van der Waals surface area contributed by atoms with Gasteiger partial charge in [-0.2, -0.15) is 0 Å². The third-order valence-corrected chi connectivity index (χ3v) is 3.65. The summed E-state index contributed by atoms with van der Waals surface area (Å²) in [5.74, 6) is 0.553. The summed E-state index contributed by atoms with van der Waals surface area (Å²) in [6, 6.07) is 9.08. The summed E-state index contributed by atoms with van der Waals surface area (Å²) in [6.45, 7) is 0.104. The Bertz CT molecular complexity index is 550. The van der Waals surface area contributed by atoms with Gasteiger partial charge in [0.15, 0.2) is 0 Å². The van der Waals surface area contributed by atoms with Gasteiger partial charge in [0.25, 0.3) is 0 Å². The Hall–Kier alpha value is -1.82. The normalized spacial score (nSPS) is 11.3. The molecule has 0 aliphatic carbocycles. The predicted molar refractivity (Wildman–Crippen MR) is 62.6 cm³/mol. The lowest BCUT2D eigenvalue weighted by molar-refractivity contribution is 0.340. The molecule has 2 rings (SSSR count). The van der Waals surface area contributed by atoms with E-state index in [4.69, 9.17) is 4.74 Å². The van der Waals surface area contributed by atoms with Gasteiger partial charge in [-0.05, 0) is 12.1 Å². The number of ether oxygens (including phenoxy) is 1. The van der Waals surface area contributed by atoms with Gasteiger partial charge in [-0.15, -0.1) is 0 Å². The van der Waals surface area contributed by atoms with Crippen molar-refractivity contribution in [3.05, 3.63) is 42.7 Å². The lowest BCUT2D eigenvalue weighted by Gasteiger charge is -2.05. The topological polar surface area (TPSA) is 72.1 Å². The van der Waals surface area contributed by atoms with Crippen molar-refractivity contribution in [3.63, 3.8) is 0 Å². The minimum absolute atomic E-state index is 0.0193. The number of benzene rings is 1. The molecule has 1 aromatic carbocycles. The highest BCUT2D eigenvalue weighted by atomic mass is 32.2. The molecule has 0 saturated carbocycles. The first-order valence-corrected chi connectivity index (χ1v) is 6.74. The number of aromatic nitrogens is 2. The van der Waals surface area contributed by atoms with Crippen molar-refractivity contribution in [2.24, 2.45) is 0 Å². The largest absolute Gasteiger partial charge is 0.493 e. The fourth-order valence-electron chi connectivity index (χ4n) is 1.30. The lowest BCUT2D eigenvalue weighted by atomic mass is 10.3. The van der Waals surface area contributed by atoms with E-state index < -0.39 is 9.84 Å². The van der Waals surface area contributed by atoms with E-state index in [-0.39, 0.29) is 17.5 Å². The molecule has 0 unspecified atom stereocenters. The number of nitrogens with zero attached hydrogens (tertiary/aromatic N) is 1. The molecule has 0 radical (unpaired) electrons. The molecular weight excluding hydrogens is 240 g/mol. The molecule has 0 fully saturated rings. The van der Waals surface area contributed by atoms with Gasteiger partial charge in [-0.25, -0.2) is 13.4 Å². The monoisotopic (exact) mass is 252 g/mol. The van der Waals surface area contributed by atoms with Crippen LogP contribution in [-0.2, 0) is 9.84 Å². The van der Waals surface area contributed by atoms with Crippen LogP contribution in [0.15, 0.2) is 47.9 Å². The minimum Gasteiger partial charge on any atom is -0.493 e. The molecule has 1 heterocycles. The fraction of sp³-hybridized carbons (Fsp3) is 0.182. The average molecular weight is 252 g/mol. The van der Waals surface area contributed by atoms with Gasteiger partial charge < -0.3 is 9.72 Å². The zero-order valence-electron chi connectivity index (χ0n) is 9.04. The number of sulfone groups is 1. The number of H-pyrrole nitrogens is 1. The molecule has 17 heavy (non-hydrogen) atoms. The Labute approximate surface area is 99.4 Å². The highest BCUT2D eigenvalue weighted by Gasteiger charge is 2.16. The van der Waals surface area contributed by atoms with Crippen LogP contribution in [0.5, 0.6) is 5.75 Å². The average Bonchev–Trinajstić information content (AvgIpc) is 2.84. The van der Waals surface area contributed by atoms with Gasteiger partial charge in [-0.3, -0.25) is 0 Å². The number of aromatic amines is 1. The van der Waals surface area contributed by atoms with Crippen LogP contribution in [0.3, 0.4) is 0 Å². The number of nitrogens with one attached hydrogen (secondary N) is 1. The van der Waals surface area contributed by atoms with Gasteiger partial charge in [-0.1, -0.05) is 18.2 Å². The highest BCUT2D eigenvalue weighted by molar-refractivity contribution is 7.91. The molecule has 2 aromatic rings. The van der Waals surface area contributed by atoms with E-state index in [1.807, 2.05) is 18.2 Å². The van der Waals surface area contributed by atoms with Crippen molar-refractivity contribution >= 4 is 9.84 Å². The molecule has 0 spiro atoms. The van der Waals surface area contributed by atoms with E-state index in [9.17, 15) is 8.42 Å². The summed E-state index contributed by atoms with van der Waals surface area (Å²) >= 11 is 0. The second-order valence-electron chi connectivity index (χ2n) is 3.37. The maximum Gasteiger partial charge on any atom is 0.225 e. The molecule has 0 amide bonds. The molecule has 5 nitrogen and oxygen atoms in total. The van der Waals surface area contributed by atoms with Crippen molar-refractivity contribution in [1.29, 1.82) is 0 Å². The standard InChI is InChI=1S/C11H12N2O3S/c14-17(15,11-12-6-7-13-11)9-8-16-10-4-2-1-3-5-10/h1-7H,8-9H2,(H,12,13). The molecule has 90 valence electrons. The van der Waals surface area contributed by atoms with E-state index in [0.29, 0.717) is 5.75 Å². The second kappa shape index (κ2) is 5.01. The first-order chi connectivity index (χ1) is 8.18. The number of imidazole rings is 1.